The zero-order valence-electron chi connectivity index (χ0n) is 37.1. The van der Waals surface area contributed by atoms with Gasteiger partial charge < -0.3 is 48.6 Å². The van der Waals surface area contributed by atoms with E-state index in [2.05, 4.69) is 21.3 Å². The quantitative estimate of drug-likeness (QED) is 0.134. The number of rotatable bonds is 10. The standard InChI is InChI=1S/C33H40N2O9.C14H11ClN2O4S/c1-38-19-7-8-20-21-9-10-35-16-18-13-27(44-32(36)17-11-25(39-2)30(41-4)26(12-17)40-3)31(42-5)28(33(37)43-6)22(18)15-24(35)29(21)34-23(20)14-19;15-11-6-5-8(7-12(11)22(16,20)21)14(19)10-4-2-1-3-9(10)13(18)17-14/h7-8,11-12,14,18,22,24,27-28,31,34H,9-10,13,15-16H2,1-6H3;1-7,19H,(H,17,18)(H2,16,20,21)/t18-,22+,24-,27-,28+,31+;/m1./s1. The number of hydrogen-bond acceptors (Lipinski definition) is 14. The maximum absolute atomic E-state index is 13.5. The molecule has 3 aliphatic heterocycles. The molecule has 4 heterocycles. The van der Waals surface area contributed by atoms with Crippen molar-refractivity contribution in [2.24, 2.45) is 22.9 Å². The number of primary sulfonamides is 1. The number of sulfonamides is 1. The summed E-state index contributed by atoms with van der Waals surface area (Å²) in [6.45, 7) is 1.68. The lowest BCUT2D eigenvalue weighted by Gasteiger charge is -2.52. The molecule has 1 amide bonds. The SMILES string of the molecule is COC(=O)[C@H]1[C@H]2C[C@@H]3c4[nH]c5cc(OC)ccc5c4CCN3C[C@H]2C[C@@H](OC(=O)c2cc(OC)c(OC)c(OC)c2)[C@@H]1OC.NS(=O)(=O)c1cc(C2(O)NC(=O)c3ccccc32)ccc1Cl. The zero-order valence-corrected chi connectivity index (χ0v) is 38.7. The number of aromatic nitrogens is 1. The van der Waals surface area contributed by atoms with Gasteiger partial charge in [0.25, 0.3) is 5.91 Å². The number of nitrogens with zero attached hydrogens (tertiary/aromatic N) is 1. The lowest BCUT2D eigenvalue weighted by Crippen LogP contribution is -2.58. The first-order valence-corrected chi connectivity index (χ1v) is 23.0. The van der Waals surface area contributed by atoms with Crippen LogP contribution in [0.1, 0.15) is 62.0 Å². The van der Waals surface area contributed by atoms with Crippen molar-refractivity contribution in [3.63, 3.8) is 0 Å². The van der Waals surface area contributed by atoms with Gasteiger partial charge in [0.1, 0.15) is 22.9 Å². The number of aromatic amines is 1. The lowest BCUT2D eigenvalue weighted by atomic mass is 9.63. The summed E-state index contributed by atoms with van der Waals surface area (Å²) < 4.78 is 62.2. The van der Waals surface area contributed by atoms with Gasteiger partial charge in [0, 0.05) is 59.6 Å². The number of ether oxygens (including phenoxy) is 7. The van der Waals surface area contributed by atoms with Gasteiger partial charge in [-0.3, -0.25) is 14.5 Å². The summed E-state index contributed by atoms with van der Waals surface area (Å²) in [6, 6.07) is 19.8. The Labute approximate surface area is 386 Å². The van der Waals surface area contributed by atoms with Crippen molar-refractivity contribution in [1.82, 2.24) is 15.2 Å². The van der Waals surface area contributed by atoms with Gasteiger partial charge in [-0.2, -0.15) is 0 Å². The minimum absolute atomic E-state index is 0.0170. The normalized spacial score (nSPS) is 24.3. The summed E-state index contributed by atoms with van der Waals surface area (Å²) in [7, 11) is 5.04. The van der Waals surface area contributed by atoms with Crippen LogP contribution in [-0.2, 0) is 41.2 Å². The maximum atomic E-state index is 13.5. The third-order valence-corrected chi connectivity index (χ3v) is 14.7. The van der Waals surface area contributed by atoms with Gasteiger partial charge in [-0.25, -0.2) is 18.4 Å². The number of hydrogen-bond donors (Lipinski definition) is 4. The van der Waals surface area contributed by atoms with E-state index in [-0.39, 0.29) is 44.9 Å². The molecule has 1 saturated heterocycles. The van der Waals surface area contributed by atoms with E-state index in [0.29, 0.717) is 34.8 Å². The minimum Gasteiger partial charge on any atom is -0.497 e. The van der Waals surface area contributed by atoms with Crippen molar-refractivity contribution < 1.29 is 61.1 Å². The van der Waals surface area contributed by atoms with Crippen LogP contribution in [0.15, 0.2) is 77.7 Å². The van der Waals surface area contributed by atoms with Crippen LogP contribution in [0.2, 0.25) is 5.02 Å². The number of methoxy groups -OCH3 is 6. The molecule has 1 aliphatic carbocycles. The van der Waals surface area contributed by atoms with E-state index < -0.39 is 45.8 Å². The summed E-state index contributed by atoms with van der Waals surface area (Å²) in [4.78, 5) is 44.8. The predicted molar refractivity (Wildman–Crippen MR) is 240 cm³/mol. The lowest BCUT2D eigenvalue weighted by molar-refractivity contribution is -0.176. The highest BCUT2D eigenvalue weighted by atomic mass is 35.5. The van der Waals surface area contributed by atoms with Gasteiger partial charge in [0.2, 0.25) is 15.8 Å². The topological polar surface area (TPSA) is 227 Å². The van der Waals surface area contributed by atoms with Crippen molar-refractivity contribution in [1.29, 1.82) is 0 Å². The maximum Gasteiger partial charge on any atom is 0.338 e. The Balaban J connectivity index is 0.000000225. The molecule has 5 N–H and O–H groups in total. The molecule has 2 fully saturated rings. The Morgan fingerprint density at radius 3 is 2.29 bits per heavy atom. The number of carbonyl (C=O) groups excluding carboxylic acids is 3. The number of fused-ring (bicyclic) bond motifs is 7. The molecule has 0 radical (unpaired) electrons. The molecule has 66 heavy (non-hydrogen) atoms. The first-order chi connectivity index (χ1) is 31.6. The number of esters is 2. The fraction of sp³-hybridized carbons (Fsp3) is 0.383. The number of halogens is 1. The van der Waals surface area contributed by atoms with Crippen LogP contribution in [0.25, 0.3) is 10.9 Å². The van der Waals surface area contributed by atoms with Crippen LogP contribution in [0.4, 0.5) is 0 Å². The largest absolute Gasteiger partial charge is 0.497 e. The van der Waals surface area contributed by atoms with Gasteiger partial charge in [-0.15, -0.1) is 0 Å². The molecule has 1 saturated carbocycles. The number of nitrogens with two attached hydrogens (primary N) is 1. The molecular weight excluding hydrogens is 896 g/mol. The molecule has 0 spiro atoms. The van der Waals surface area contributed by atoms with Gasteiger partial charge >= 0.3 is 11.9 Å². The van der Waals surface area contributed by atoms with Crippen molar-refractivity contribution in [2.45, 2.75) is 48.1 Å². The Hall–Kier alpha value is -5.89. The van der Waals surface area contributed by atoms with Crippen LogP contribution >= 0.6 is 11.6 Å². The summed E-state index contributed by atoms with van der Waals surface area (Å²) >= 11 is 5.83. The molecular formula is C47H51ClN4O13S. The minimum atomic E-state index is -4.06. The summed E-state index contributed by atoms with van der Waals surface area (Å²) in [5.41, 5.74) is 2.80. The number of amides is 1. The van der Waals surface area contributed by atoms with Crippen LogP contribution in [0.5, 0.6) is 23.0 Å². The average molecular weight is 947 g/mol. The fourth-order valence-corrected chi connectivity index (χ4v) is 11.3. The van der Waals surface area contributed by atoms with Crippen molar-refractivity contribution in [2.75, 3.05) is 55.7 Å². The summed E-state index contributed by atoms with van der Waals surface area (Å²) in [5.74, 6) is -0.0129. The molecule has 7 atom stereocenters. The molecule has 9 rings (SSSR count). The molecule has 1 unspecified atom stereocenters. The van der Waals surface area contributed by atoms with E-state index in [1.807, 2.05) is 12.1 Å². The number of piperidine rings is 1. The molecule has 19 heteroatoms. The highest BCUT2D eigenvalue weighted by Crippen LogP contribution is 2.51. The number of benzene rings is 4. The Bertz CT molecular complexity index is 2790. The molecule has 4 aliphatic rings. The van der Waals surface area contributed by atoms with E-state index in [1.54, 1.807) is 50.6 Å². The Morgan fingerprint density at radius 1 is 0.909 bits per heavy atom. The van der Waals surface area contributed by atoms with Gasteiger partial charge in [0.05, 0.1) is 58.1 Å². The van der Waals surface area contributed by atoms with Gasteiger partial charge in [0.15, 0.2) is 17.2 Å². The van der Waals surface area contributed by atoms with Gasteiger partial charge in [-0.1, -0.05) is 35.9 Å². The molecule has 1 aromatic heterocycles. The smallest absolute Gasteiger partial charge is 0.338 e. The fourth-order valence-electron chi connectivity index (χ4n) is 10.2. The third kappa shape index (κ3) is 8.30. The second-order valence-corrected chi connectivity index (χ2v) is 18.5. The van der Waals surface area contributed by atoms with Crippen molar-refractivity contribution >= 4 is 50.4 Å². The van der Waals surface area contributed by atoms with E-state index in [0.717, 1.165) is 43.3 Å². The molecule has 4 aromatic carbocycles. The summed E-state index contributed by atoms with van der Waals surface area (Å²) in [5, 5.41) is 19.6. The second-order valence-electron chi connectivity index (χ2n) is 16.6. The molecule has 350 valence electrons. The number of carbonyl (C=O) groups is 3. The number of H-pyrrole nitrogens is 1. The van der Waals surface area contributed by atoms with E-state index in [1.165, 1.54) is 57.2 Å². The first kappa shape index (κ1) is 46.6. The monoisotopic (exact) mass is 946 g/mol. The third-order valence-electron chi connectivity index (χ3n) is 13.3. The molecule has 17 nitrogen and oxygen atoms in total. The van der Waals surface area contributed by atoms with E-state index in [4.69, 9.17) is 49.9 Å². The van der Waals surface area contributed by atoms with Crippen molar-refractivity contribution in [3.8, 4) is 23.0 Å². The van der Waals surface area contributed by atoms with E-state index in [9.17, 15) is 27.9 Å². The highest BCUT2D eigenvalue weighted by molar-refractivity contribution is 7.89. The van der Waals surface area contributed by atoms with Crippen LogP contribution in [-0.4, -0.2) is 109 Å². The van der Waals surface area contributed by atoms with E-state index >= 15 is 0 Å². The van der Waals surface area contributed by atoms with Crippen LogP contribution in [0.3, 0.4) is 0 Å². The second kappa shape index (κ2) is 18.4. The van der Waals surface area contributed by atoms with Crippen molar-refractivity contribution in [3.05, 3.63) is 111 Å². The van der Waals surface area contributed by atoms with Crippen LogP contribution < -0.4 is 29.4 Å². The highest BCUT2D eigenvalue weighted by Gasteiger charge is 2.54. The Morgan fingerprint density at radius 2 is 1.64 bits per heavy atom. The van der Waals surface area contributed by atoms with Crippen LogP contribution in [0, 0.1) is 17.8 Å². The zero-order chi connectivity index (χ0) is 47.2. The summed E-state index contributed by atoms with van der Waals surface area (Å²) in [6.07, 6.45) is 0.920. The Kier molecular flexibility index (Phi) is 13.0. The number of nitrogens with one attached hydrogen (secondary N) is 2. The van der Waals surface area contributed by atoms with Gasteiger partial charge in [-0.05, 0) is 79.1 Å². The molecule has 5 aromatic rings. The number of aliphatic hydroxyl groups is 1. The predicted octanol–water partition coefficient (Wildman–Crippen LogP) is 5.10. The molecule has 0 bridgehead atoms. The first-order valence-electron chi connectivity index (χ1n) is 21.1. The average Bonchev–Trinajstić information content (AvgIpc) is 3.83.